The number of carbonyl (C=O) groups is 1. The fourth-order valence-electron chi connectivity index (χ4n) is 2.80. The quantitative estimate of drug-likeness (QED) is 0.561. The Morgan fingerprint density at radius 2 is 1.67 bits per heavy atom. The molecule has 2 aromatic rings. The van der Waals surface area contributed by atoms with Crippen LogP contribution in [0.5, 0.6) is 0 Å². The van der Waals surface area contributed by atoms with Crippen molar-refractivity contribution < 1.29 is 31.1 Å². The number of hydrogen-bond acceptors (Lipinski definition) is 4. The predicted octanol–water partition coefficient (Wildman–Crippen LogP) is 4.11. The summed E-state index contributed by atoms with van der Waals surface area (Å²) in [5.41, 5.74) is 0.924. The lowest BCUT2D eigenvalue weighted by molar-refractivity contribution is -0.143. The molecule has 0 radical (unpaired) electrons. The van der Waals surface area contributed by atoms with Gasteiger partial charge < -0.3 is 4.74 Å². The van der Waals surface area contributed by atoms with Crippen molar-refractivity contribution in [2.45, 2.75) is 43.7 Å². The van der Waals surface area contributed by atoms with Gasteiger partial charge in [-0.3, -0.25) is 4.79 Å². The van der Waals surface area contributed by atoms with Gasteiger partial charge in [-0.15, -0.1) is 0 Å². The van der Waals surface area contributed by atoms with Gasteiger partial charge in [0, 0.05) is 13.0 Å². The van der Waals surface area contributed by atoms with Gasteiger partial charge in [-0.05, 0) is 55.5 Å². The molecule has 0 aliphatic heterocycles. The second kappa shape index (κ2) is 10.6. The van der Waals surface area contributed by atoms with Gasteiger partial charge in [-0.2, -0.15) is 13.2 Å². The normalized spacial score (nSPS) is 12.0. The molecular weight excluding hydrogens is 419 g/mol. The van der Waals surface area contributed by atoms with Crippen molar-refractivity contribution >= 4 is 16.0 Å². The summed E-state index contributed by atoms with van der Waals surface area (Å²) >= 11 is 0. The van der Waals surface area contributed by atoms with Crippen molar-refractivity contribution in [2.24, 2.45) is 0 Å². The Kier molecular flexibility index (Phi) is 8.43. The van der Waals surface area contributed by atoms with Crippen LogP contribution in [0.1, 0.15) is 36.5 Å². The van der Waals surface area contributed by atoms with Gasteiger partial charge in [0.1, 0.15) is 0 Å². The van der Waals surface area contributed by atoms with Crippen LogP contribution in [0.2, 0.25) is 0 Å². The Balaban J connectivity index is 1.85. The zero-order valence-electron chi connectivity index (χ0n) is 16.5. The van der Waals surface area contributed by atoms with Crippen LogP contribution in [0.4, 0.5) is 13.2 Å². The number of hydrogen-bond donors (Lipinski definition) is 1. The first-order valence-electron chi connectivity index (χ1n) is 9.52. The molecule has 0 saturated carbocycles. The SMILES string of the molecule is CCOC(=O)CCCc1ccc(CCNS(=O)(=O)c2cccc(C(F)(F)F)c2)cc1. The maximum absolute atomic E-state index is 12.8. The van der Waals surface area contributed by atoms with Gasteiger partial charge in [0.15, 0.2) is 0 Å². The number of halogens is 3. The molecule has 0 atom stereocenters. The number of rotatable bonds is 10. The van der Waals surface area contributed by atoms with Crippen LogP contribution in [0, 0.1) is 0 Å². The highest BCUT2D eigenvalue weighted by Gasteiger charge is 2.31. The molecule has 5 nitrogen and oxygen atoms in total. The monoisotopic (exact) mass is 443 g/mol. The molecule has 2 rings (SSSR count). The molecule has 0 unspecified atom stereocenters. The van der Waals surface area contributed by atoms with E-state index in [1.807, 2.05) is 24.3 Å². The molecular formula is C21H24F3NO4S. The van der Waals surface area contributed by atoms with E-state index in [2.05, 4.69) is 4.72 Å². The van der Waals surface area contributed by atoms with Gasteiger partial charge in [-0.25, -0.2) is 13.1 Å². The minimum atomic E-state index is -4.61. The summed E-state index contributed by atoms with van der Waals surface area (Å²) in [7, 11) is -4.04. The van der Waals surface area contributed by atoms with Crippen LogP contribution < -0.4 is 4.72 Å². The lowest BCUT2D eigenvalue weighted by Gasteiger charge is -2.10. The van der Waals surface area contributed by atoms with E-state index in [-0.39, 0.29) is 12.5 Å². The standard InChI is InChI=1S/C21H24F3NO4S/c1-2-29-20(26)8-3-5-16-9-11-17(12-10-16)13-14-25-30(27,28)19-7-4-6-18(15-19)21(22,23)24/h4,6-7,9-12,15,25H,2-3,5,8,13-14H2,1H3. The molecule has 0 aliphatic carbocycles. The van der Waals surface area contributed by atoms with Gasteiger partial charge in [0.2, 0.25) is 10.0 Å². The van der Waals surface area contributed by atoms with Crippen molar-refractivity contribution in [3.05, 3.63) is 65.2 Å². The van der Waals surface area contributed by atoms with Crippen molar-refractivity contribution in [1.29, 1.82) is 0 Å². The molecule has 0 aliphatic rings. The number of alkyl halides is 3. The first-order chi connectivity index (χ1) is 14.1. The third-order valence-corrected chi connectivity index (χ3v) is 5.81. The topological polar surface area (TPSA) is 72.5 Å². The lowest BCUT2D eigenvalue weighted by Crippen LogP contribution is -2.26. The molecule has 2 aromatic carbocycles. The summed E-state index contributed by atoms with van der Waals surface area (Å²) < 4.78 is 70.0. The number of sulfonamides is 1. The summed E-state index contributed by atoms with van der Waals surface area (Å²) in [6.07, 6.45) is -2.46. The fraction of sp³-hybridized carbons (Fsp3) is 0.381. The zero-order chi connectivity index (χ0) is 22.2. The molecule has 164 valence electrons. The molecule has 1 N–H and O–H groups in total. The smallest absolute Gasteiger partial charge is 0.416 e. The summed E-state index contributed by atoms with van der Waals surface area (Å²) in [5, 5.41) is 0. The highest BCUT2D eigenvalue weighted by molar-refractivity contribution is 7.89. The van der Waals surface area contributed by atoms with Crippen LogP contribution in [-0.2, 0) is 38.6 Å². The fourth-order valence-corrected chi connectivity index (χ4v) is 3.87. The third-order valence-electron chi connectivity index (χ3n) is 4.35. The Bertz CT molecular complexity index is 941. The Morgan fingerprint density at radius 1 is 1.03 bits per heavy atom. The van der Waals surface area contributed by atoms with Crippen molar-refractivity contribution in [1.82, 2.24) is 4.72 Å². The molecule has 0 amide bonds. The van der Waals surface area contributed by atoms with E-state index in [1.165, 1.54) is 0 Å². The van der Waals surface area contributed by atoms with E-state index in [4.69, 9.17) is 4.74 Å². The molecule has 30 heavy (non-hydrogen) atoms. The molecule has 0 saturated heterocycles. The minimum Gasteiger partial charge on any atom is -0.466 e. The summed E-state index contributed by atoms with van der Waals surface area (Å²) in [6.45, 7) is 2.18. The van der Waals surface area contributed by atoms with Crippen molar-refractivity contribution in [3.63, 3.8) is 0 Å². The molecule has 0 fully saturated rings. The molecule has 0 bridgehead atoms. The maximum atomic E-state index is 12.8. The zero-order valence-corrected chi connectivity index (χ0v) is 17.4. The Labute approximate surface area is 174 Å². The van der Waals surface area contributed by atoms with Crippen LogP contribution in [-0.4, -0.2) is 27.5 Å². The summed E-state index contributed by atoms with van der Waals surface area (Å²) in [6, 6.07) is 11.2. The Morgan fingerprint density at radius 3 is 2.27 bits per heavy atom. The van der Waals surface area contributed by atoms with E-state index in [1.54, 1.807) is 6.92 Å². The number of esters is 1. The lowest BCUT2D eigenvalue weighted by atomic mass is 10.0. The number of carbonyl (C=O) groups excluding carboxylic acids is 1. The summed E-state index contributed by atoms with van der Waals surface area (Å²) in [5.74, 6) is -0.220. The van der Waals surface area contributed by atoms with E-state index in [0.29, 0.717) is 31.9 Å². The largest absolute Gasteiger partial charge is 0.466 e. The second-order valence-electron chi connectivity index (χ2n) is 6.65. The van der Waals surface area contributed by atoms with Gasteiger partial charge in [-0.1, -0.05) is 30.3 Å². The van der Waals surface area contributed by atoms with Gasteiger partial charge in [0.05, 0.1) is 17.1 Å². The molecule has 0 spiro atoms. The first kappa shape index (κ1) is 23.9. The molecule has 0 aromatic heterocycles. The third kappa shape index (κ3) is 7.46. The number of aryl methyl sites for hydroxylation is 1. The van der Waals surface area contributed by atoms with Crippen LogP contribution in [0.15, 0.2) is 53.4 Å². The van der Waals surface area contributed by atoms with Gasteiger partial charge >= 0.3 is 12.1 Å². The molecule has 0 heterocycles. The van der Waals surface area contributed by atoms with E-state index < -0.39 is 26.7 Å². The van der Waals surface area contributed by atoms with Crippen molar-refractivity contribution in [2.75, 3.05) is 13.2 Å². The minimum absolute atomic E-state index is 0.0563. The Hall–Kier alpha value is -2.39. The maximum Gasteiger partial charge on any atom is 0.416 e. The number of nitrogens with one attached hydrogen (secondary N) is 1. The van der Waals surface area contributed by atoms with Crippen LogP contribution in [0.25, 0.3) is 0 Å². The molecule has 9 heteroatoms. The highest BCUT2D eigenvalue weighted by Crippen LogP contribution is 2.30. The van der Waals surface area contributed by atoms with E-state index >= 15 is 0 Å². The number of benzene rings is 2. The average Bonchev–Trinajstić information content (AvgIpc) is 2.69. The van der Waals surface area contributed by atoms with Crippen molar-refractivity contribution in [3.8, 4) is 0 Å². The average molecular weight is 443 g/mol. The highest BCUT2D eigenvalue weighted by atomic mass is 32.2. The van der Waals surface area contributed by atoms with E-state index in [0.717, 1.165) is 35.7 Å². The first-order valence-corrected chi connectivity index (χ1v) is 11.0. The number of ether oxygens (including phenoxy) is 1. The van der Waals surface area contributed by atoms with E-state index in [9.17, 15) is 26.4 Å². The second-order valence-corrected chi connectivity index (χ2v) is 8.42. The van der Waals surface area contributed by atoms with Gasteiger partial charge in [0.25, 0.3) is 0 Å². The predicted molar refractivity (Wildman–Crippen MR) is 106 cm³/mol. The van der Waals surface area contributed by atoms with Crippen LogP contribution in [0.3, 0.4) is 0 Å². The summed E-state index contributed by atoms with van der Waals surface area (Å²) in [4.78, 5) is 10.9. The van der Waals surface area contributed by atoms with Crippen LogP contribution >= 0.6 is 0 Å².